The number of anilines is 1. The first kappa shape index (κ1) is 39.5. The van der Waals surface area contributed by atoms with Gasteiger partial charge < -0.3 is 24.7 Å². The highest BCUT2D eigenvalue weighted by Gasteiger charge is 2.38. The fraction of sp³-hybridized carbons (Fsp3) is 0.389. The molecule has 282 valence electrons. The van der Waals surface area contributed by atoms with E-state index < -0.39 is 51.2 Å². The topological polar surface area (TPSA) is 219 Å². The van der Waals surface area contributed by atoms with Crippen molar-refractivity contribution in [1.82, 2.24) is 4.90 Å². The Morgan fingerprint density at radius 2 is 1.60 bits per heavy atom. The first-order valence-electron chi connectivity index (χ1n) is 16.6. The highest BCUT2D eigenvalue weighted by Crippen LogP contribution is 2.47. The lowest BCUT2D eigenvalue weighted by molar-refractivity contribution is -0.385. The van der Waals surface area contributed by atoms with Crippen molar-refractivity contribution in [2.24, 2.45) is 10.7 Å². The summed E-state index contributed by atoms with van der Waals surface area (Å²) >= 11 is 0. The minimum absolute atomic E-state index is 0.00345. The molecule has 17 heteroatoms. The van der Waals surface area contributed by atoms with Crippen LogP contribution in [0.3, 0.4) is 0 Å². The minimum Gasteiger partial charge on any atom is -0.478 e. The first-order chi connectivity index (χ1) is 24.8. The minimum atomic E-state index is -0.997. The number of carbonyl (C=O) groups is 3. The molecule has 1 aliphatic rings. The molecule has 0 aliphatic carbocycles. The molecule has 0 fully saturated rings. The number of nitrogens with two attached hydrogens (primary N) is 1. The Hall–Kier alpha value is -6.26. The van der Waals surface area contributed by atoms with Crippen LogP contribution in [0.2, 0.25) is 0 Å². The van der Waals surface area contributed by atoms with Gasteiger partial charge in [0.25, 0.3) is 17.3 Å². The Labute approximate surface area is 305 Å². The van der Waals surface area contributed by atoms with Crippen LogP contribution in [0.25, 0.3) is 0 Å². The number of nitrogens with zero attached hydrogens (tertiary/aromatic N) is 5. The molecule has 53 heavy (non-hydrogen) atoms. The molecule has 1 aliphatic heterocycles. The maximum absolute atomic E-state index is 13.7. The van der Waals surface area contributed by atoms with E-state index in [-0.39, 0.29) is 65.8 Å². The number of para-hydroxylation sites is 1. The number of carbonyl (C=O) groups excluding carboxylic acids is 3. The second-order valence-corrected chi connectivity index (χ2v) is 14.0. The largest absolute Gasteiger partial charge is 0.478 e. The van der Waals surface area contributed by atoms with E-state index in [1.54, 1.807) is 78.8 Å². The predicted octanol–water partition coefficient (Wildman–Crippen LogP) is 7.03. The van der Waals surface area contributed by atoms with E-state index in [0.29, 0.717) is 5.56 Å². The van der Waals surface area contributed by atoms with Gasteiger partial charge in [0, 0.05) is 18.2 Å². The zero-order chi connectivity index (χ0) is 39.2. The number of nitro benzene ring substituents is 2. The van der Waals surface area contributed by atoms with Crippen molar-refractivity contribution in [2.45, 2.75) is 85.2 Å². The molecule has 1 unspecified atom stereocenters. The van der Waals surface area contributed by atoms with Gasteiger partial charge in [-0.1, -0.05) is 37.3 Å². The van der Waals surface area contributed by atoms with Crippen LogP contribution >= 0.6 is 0 Å². The van der Waals surface area contributed by atoms with E-state index in [0.717, 1.165) is 11.0 Å². The van der Waals surface area contributed by atoms with Crippen molar-refractivity contribution >= 4 is 41.1 Å². The second-order valence-electron chi connectivity index (χ2n) is 14.0. The lowest BCUT2D eigenvalue weighted by Gasteiger charge is -2.35. The summed E-state index contributed by atoms with van der Waals surface area (Å²) in [5.74, 6) is -0.788. The number of rotatable bonds is 10. The molecule has 0 radical (unpaired) electrons. The molecule has 0 saturated carbocycles. The van der Waals surface area contributed by atoms with Crippen LogP contribution in [-0.4, -0.2) is 62.7 Å². The zero-order valence-electron chi connectivity index (χ0n) is 30.5. The zero-order valence-corrected chi connectivity index (χ0v) is 30.5. The molecule has 4 rings (SSSR count). The average molecular weight is 735 g/mol. The van der Waals surface area contributed by atoms with Gasteiger partial charge in [-0.05, 0) is 72.1 Å². The van der Waals surface area contributed by atoms with Crippen molar-refractivity contribution in [1.29, 1.82) is 0 Å². The average Bonchev–Trinajstić information content (AvgIpc) is 3.04. The maximum atomic E-state index is 13.7. The van der Waals surface area contributed by atoms with Gasteiger partial charge in [-0.3, -0.25) is 29.9 Å². The monoisotopic (exact) mass is 734 g/mol. The van der Waals surface area contributed by atoms with E-state index >= 15 is 0 Å². The number of benzene rings is 3. The predicted molar refractivity (Wildman–Crippen MR) is 193 cm³/mol. The van der Waals surface area contributed by atoms with Crippen LogP contribution in [0.5, 0.6) is 17.2 Å². The van der Waals surface area contributed by atoms with Gasteiger partial charge in [0.15, 0.2) is 17.6 Å². The summed E-state index contributed by atoms with van der Waals surface area (Å²) in [5, 5.41) is 23.7. The van der Waals surface area contributed by atoms with Crippen LogP contribution in [0.15, 0.2) is 65.7 Å². The number of guanidine groups is 1. The Balaban J connectivity index is 1.64. The molecular formula is C36H42N6O11. The van der Waals surface area contributed by atoms with Crippen LogP contribution in [0.1, 0.15) is 66.0 Å². The standard InChI is InChI=1S/C36H42N6O11/c1-8-27-31(43)40(21-23-11-9-10-12-26(23)42(48)49)30-28(19-24(41(46)47)20-29(30)51-27)50-25-15-13-22(14-16-25)17-18-39(34(45)53-36(5,6)7)32(37)38-33(44)52-35(2,3)4/h9-16,19-20,27H,8,17-18,21H2,1-7H3,(H2,37,38,44). The number of amides is 3. The van der Waals surface area contributed by atoms with Gasteiger partial charge in [-0.15, -0.1) is 4.99 Å². The fourth-order valence-electron chi connectivity index (χ4n) is 5.15. The molecule has 2 N–H and O–H groups in total. The molecule has 1 atom stereocenters. The SMILES string of the molecule is CCC1Oc2cc([N+](=O)[O-])cc(Oc3ccc(CCN(C(=O)OC(C)(C)C)C(N)=NC(=O)OC(C)(C)C)cc3)c2N(Cc2ccccc2[N+](=O)[O-])C1=O. The molecule has 3 aromatic rings. The Morgan fingerprint density at radius 3 is 2.19 bits per heavy atom. The van der Waals surface area contributed by atoms with E-state index in [9.17, 15) is 34.6 Å². The third kappa shape index (κ3) is 10.4. The maximum Gasteiger partial charge on any atom is 0.437 e. The van der Waals surface area contributed by atoms with Crippen LogP contribution in [0.4, 0.5) is 26.7 Å². The van der Waals surface area contributed by atoms with Crippen molar-refractivity contribution in [2.75, 3.05) is 11.4 Å². The molecular weight excluding hydrogens is 692 g/mol. The second kappa shape index (κ2) is 16.0. The molecule has 17 nitrogen and oxygen atoms in total. The van der Waals surface area contributed by atoms with E-state index in [4.69, 9.17) is 24.7 Å². The van der Waals surface area contributed by atoms with Gasteiger partial charge in [0.05, 0.1) is 28.5 Å². The molecule has 3 amide bonds. The highest BCUT2D eigenvalue weighted by molar-refractivity contribution is 6.02. The van der Waals surface area contributed by atoms with Gasteiger partial charge in [0.2, 0.25) is 5.96 Å². The summed E-state index contributed by atoms with van der Waals surface area (Å²) in [4.78, 5) is 67.6. The highest BCUT2D eigenvalue weighted by atomic mass is 16.6. The number of ether oxygens (including phenoxy) is 4. The summed E-state index contributed by atoms with van der Waals surface area (Å²) in [6, 6.07) is 14.8. The lowest BCUT2D eigenvalue weighted by atomic mass is 10.1. The summed E-state index contributed by atoms with van der Waals surface area (Å²) in [6.07, 6.45) is -2.35. The molecule has 1 heterocycles. The van der Waals surface area contributed by atoms with Crippen LogP contribution < -0.4 is 20.1 Å². The fourth-order valence-corrected chi connectivity index (χ4v) is 5.15. The first-order valence-corrected chi connectivity index (χ1v) is 16.6. The Kier molecular flexibility index (Phi) is 11.9. The van der Waals surface area contributed by atoms with Crippen molar-refractivity contribution in [3.8, 4) is 17.2 Å². The van der Waals surface area contributed by atoms with Crippen molar-refractivity contribution in [3.63, 3.8) is 0 Å². The number of non-ortho nitro benzene ring substituents is 1. The number of fused-ring (bicyclic) bond motifs is 1. The number of hydrogen-bond acceptors (Lipinski definition) is 11. The summed E-state index contributed by atoms with van der Waals surface area (Å²) in [7, 11) is 0. The molecule has 0 bridgehead atoms. The van der Waals surface area contributed by atoms with Gasteiger partial charge in [-0.2, -0.15) is 0 Å². The number of hydrogen-bond donors (Lipinski definition) is 1. The normalized spacial score (nSPS) is 14.5. The third-order valence-corrected chi connectivity index (χ3v) is 7.47. The van der Waals surface area contributed by atoms with Crippen molar-refractivity contribution in [3.05, 3.63) is 92.0 Å². The summed E-state index contributed by atoms with van der Waals surface area (Å²) in [6.45, 7) is 11.5. The van der Waals surface area contributed by atoms with Gasteiger partial charge in [-0.25, -0.2) is 14.5 Å². The van der Waals surface area contributed by atoms with Crippen LogP contribution in [-0.2, 0) is 27.2 Å². The van der Waals surface area contributed by atoms with E-state index in [1.165, 1.54) is 29.2 Å². The third-order valence-electron chi connectivity index (χ3n) is 7.47. The van der Waals surface area contributed by atoms with Gasteiger partial charge >= 0.3 is 12.2 Å². The van der Waals surface area contributed by atoms with E-state index in [2.05, 4.69) is 4.99 Å². The van der Waals surface area contributed by atoms with Crippen molar-refractivity contribution < 1.29 is 43.2 Å². The molecule has 0 aromatic heterocycles. The van der Waals surface area contributed by atoms with Crippen LogP contribution in [0, 0.1) is 20.2 Å². The summed E-state index contributed by atoms with van der Waals surface area (Å²) < 4.78 is 22.7. The van der Waals surface area contributed by atoms with Gasteiger partial charge in [0.1, 0.15) is 22.6 Å². The number of nitro groups is 2. The smallest absolute Gasteiger partial charge is 0.437 e. The quantitative estimate of drug-likeness (QED) is 0.0960. The molecule has 0 saturated heterocycles. The molecule has 3 aromatic carbocycles. The lowest BCUT2D eigenvalue weighted by Crippen LogP contribution is -2.46. The number of aliphatic imine (C=N–C) groups is 1. The van der Waals surface area contributed by atoms with E-state index in [1.807, 2.05) is 0 Å². The Bertz CT molecular complexity index is 1920. The molecule has 0 spiro atoms. The summed E-state index contributed by atoms with van der Waals surface area (Å²) in [5.41, 5.74) is 4.79. The Morgan fingerprint density at radius 1 is 0.962 bits per heavy atom.